The summed E-state index contributed by atoms with van der Waals surface area (Å²) in [6, 6.07) is 5.88. The molecule has 0 atom stereocenters. The molecule has 0 aromatic carbocycles. The van der Waals surface area contributed by atoms with Crippen molar-refractivity contribution in [1.82, 2.24) is 14.8 Å². The van der Waals surface area contributed by atoms with Gasteiger partial charge in [-0.3, -0.25) is 9.67 Å². The Morgan fingerprint density at radius 1 is 1.23 bits per heavy atom. The average molecular weight is 238 g/mol. The molecule has 0 aliphatic carbocycles. The molecule has 0 unspecified atom stereocenters. The van der Waals surface area contributed by atoms with E-state index in [-0.39, 0.29) is 0 Å². The molecule has 0 N–H and O–H groups in total. The van der Waals surface area contributed by atoms with Crippen molar-refractivity contribution >= 4 is 15.9 Å². The minimum absolute atomic E-state index is 0.786. The van der Waals surface area contributed by atoms with Gasteiger partial charge >= 0.3 is 0 Å². The van der Waals surface area contributed by atoms with Crippen molar-refractivity contribution < 1.29 is 0 Å². The lowest BCUT2D eigenvalue weighted by Crippen LogP contribution is -1.99. The fourth-order valence-electron chi connectivity index (χ4n) is 1.10. The zero-order chi connectivity index (χ0) is 9.10. The molecule has 0 saturated heterocycles. The van der Waals surface area contributed by atoms with E-state index in [0.717, 1.165) is 11.1 Å². The molecule has 0 radical (unpaired) electrons. The van der Waals surface area contributed by atoms with E-state index in [2.05, 4.69) is 26.0 Å². The summed E-state index contributed by atoms with van der Waals surface area (Å²) in [7, 11) is 0. The van der Waals surface area contributed by atoms with Gasteiger partial charge in [0, 0.05) is 18.6 Å². The van der Waals surface area contributed by atoms with Crippen LogP contribution in [0.3, 0.4) is 0 Å². The van der Waals surface area contributed by atoms with Crippen molar-refractivity contribution in [2.75, 3.05) is 0 Å². The molecule has 2 heterocycles. The predicted molar refractivity (Wildman–Crippen MR) is 53.3 cm³/mol. The van der Waals surface area contributed by atoms with E-state index in [0.29, 0.717) is 0 Å². The maximum Gasteiger partial charge on any atom is 0.128 e. The maximum atomic E-state index is 4.22. The van der Waals surface area contributed by atoms with Crippen LogP contribution in [0.1, 0.15) is 5.56 Å². The van der Waals surface area contributed by atoms with Crippen molar-refractivity contribution in [2.24, 2.45) is 0 Å². The number of hydrogen-bond acceptors (Lipinski definition) is 2. The summed E-state index contributed by atoms with van der Waals surface area (Å²) in [6.07, 6.45) is 5.51. The van der Waals surface area contributed by atoms with Gasteiger partial charge in [0.1, 0.15) is 4.60 Å². The van der Waals surface area contributed by atoms with Crippen LogP contribution in [0.4, 0.5) is 0 Å². The van der Waals surface area contributed by atoms with Gasteiger partial charge in [0.05, 0.1) is 6.54 Å². The van der Waals surface area contributed by atoms with Crippen molar-refractivity contribution in [3.63, 3.8) is 0 Å². The summed E-state index contributed by atoms with van der Waals surface area (Å²) >= 11 is 3.30. The smallest absolute Gasteiger partial charge is 0.128 e. The second-order valence-electron chi connectivity index (χ2n) is 2.69. The van der Waals surface area contributed by atoms with E-state index in [1.165, 1.54) is 5.56 Å². The lowest BCUT2D eigenvalue weighted by molar-refractivity contribution is 0.681. The summed E-state index contributed by atoms with van der Waals surface area (Å²) in [6.45, 7) is 0.786. The van der Waals surface area contributed by atoms with Gasteiger partial charge in [-0.2, -0.15) is 5.10 Å². The van der Waals surface area contributed by atoms with Crippen LogP contribution in [-0.4, -0.2) is 14.8 Å². The summed E-state index contributed by atoms with van der Waals surface area (Å²) in [5, 5.41) is 4.22. The summed E-state index contributed by atoms with van der Waals surface area (Å²) < 4.78 is 2.74. The lowest BCUT2D eigenvalue weighted by atomic mass is 10.3. The number of nitrogens with zero attached hydrogens (tertiary/aromatic N) is 3. The fourth-order valence-corrected chi connectivity index (χ4v) is 1.42. The standard InChI is InChI=1S/C9H8BrN3/c10-9-3-6-13(12-9)7-8-1-4-11-5-2-8/h1-6H,7H2. The molecular formula is C9H8BrN3. The van der Waals surface area contributed by atoms with Gasteiger partial charge < -0.3 is 0 Å². The zero-order valence-corrected chi connectivity index (χ0v) is 8.48. The first kappa shape index (κ1) is 8.44. The Hall–Kier alpha value is -1.16. The Morgan fingerprint density at radius 3 is 2.62 bits per heavy atom. The number of aromatic nitrogens is 3. The molecule has 66 valence electrons. The molecule has 0 spiro atoms. The third-order valence-electron chi connectivity index (χ3n) is 1.70. The Morgan fingerprint density at radius 2 is 2.00 bits per heavy atom. The van der Waals surface area contributed by atoms with Crippen LogP contribution in [0.25, 0.3) is 0 Å². The number of halogens is 1. The molecule has 13 heavy (non-hydrogen) atoms. The second kappa shape index (κ2) is 3.70. The Kier molecular flexibility index (Phi) is 2.40. The molecule has 2 rings (SSSR count). The normalized spacial score (nSPS) is 10.2. The highest BCUT2D eigenvalue weighted by Gasteiger charge is 1.95. The van der Waals surface area contributed by atoms with Crippen molar-refractivity contribution in [3.8, 4) is 0 Å². The van der Waals surface area contributed by atoms with Gasteiger partial charge in [-0.15, -0.1) is 0 Å². The third kappa shape index (κ3) is 2.15. The first-order valence-electron chi connectivity index (χ1n) is 3.92. The van der Waals surface area contributed by atoms with Gasteiger partial charge in [-0.1, -0.05) is 0 Å². The molecule has 0 amide bonds. The van der Waals surface area contributed by atoms with Crippen LogP contribution in [-0.2, 0) is 6.54 Å². The van der Waals surface area contributed by atoms with E-state index in [9.17, 15) is 0 Å². The van der Waals surface area contributed by atoms with Crippen molar-refractivity contribution in [1.29, 1.82) is 0 Å². The quantitative estimate of drug-likeness (QED) is 0.801. The van der Waals surface area contributed by atoms with Crippen LogP contribution in [0.5, 0.6) is 0 Å². The molecule has 2 aromatic rings. The summed E-state index contributed by atoms with van der Waals surface area (Å²) in [5.74, 6) is 0. The van der Waals surface area contributed by atoms with Crippen LogP contribution in [0.15, 0.2) is 41.4 Å². The molecule has 0 bridgehead atoms. The van der Waals surface area contributed by atoms with E-state index in [1.54, 1.807) is 12.4 Å². The molecule has 3 nitrogen and oxygen atoms in total. The van der Waals surface area contributed by atoms with E-state index in [1.807, 2.05) is 29.1 Å². The van der Waals surface area contributed by atoms with Crippen LogP contribution in [0, 0.1) is 0 Å². The largest absolute Gasteiger partial charge is 0.267 e. The van der Waals surface area contributed by atoms with E-state index < -0.39 is 0 Å². The summed E-state index contributed by atoms with van der Waals surface area (Å²) in [4.78, 5) is 3.95. The van der Waals surface area contributed by atoms with Gasteiger partial charge in [0.2, 0.25) is 0 Å². The molecular weight excluding hydrogens is 230 g/mol. The summed E-state index contributed by atoms with van der Waals surface area (Å²) in [5.41, 5.74) is 1.20. The first-order chi connectivity index (χ1) is 6.34. The Bertz CT molecular complexity index is 383. The minimum atomic E-state index is 0.786. The number of pyridine rings is 1. The SMILES string of the molecule is Brc1ccn(Cc2ccncc2)n1. The van der Waals surface area contributed by atoms with Crippen molar-refractivity contribution in [2.45, 2.75) is 6.54 Å². The predicted octanol–water partition coefficient (Wildman–Crippen LogP) is 2.09. The average Bonchev–Trinajstić information content (AvgIpc) is 2.53. The number of hydrogen-bond donors (Lipinski definition) is 0. The monoisotopic (exact) mass is 237 g/mol. The van der Waals surface area contributed by atoms with Gasteiger partial charge in [-0.05, 0) is 39.7 Å². The topological polar surface area (TPSA) is 30.7 Å². The van der Waals surface area contributed by atoms with Gasteiger partial charge in [0.25, 0.3) is 0 Å². The van der Waals surface area contributed by atoms with Crippen LogP contribution < -0.4 is 0 Å². The molecule has 0 saturated carbocycles. The molecule has 0 aliphatic heterocycles. The molecule has 0 fully saturated rings. The van der Waals surface area contributed by atoms with Gasteiger partial charge in [-0.25, -0.2) is 0 Å². The van der Waals surface area contributed by atoms with E-state index >= 15 is 0 Å². The first-order valence-corrected chi connectivity index (χ1v) is 4.72. The molecule has 4 heteroatoms. The Labute approximate surface area is 84.5 Å². The number of rotatable bonds is 2. The van der Waals surface area contributed by atoms with Crippen molar-refractivity contribution in [3.05, 3.63) is 47.0 Å². The highest BCUT2D eigenvalue weighted by molar-refractivity contribution is 9.10. The fraction of sp³-hybridized carbons (Fsp3) is 0.111. The van der Waals surface area contributed by atoms with Crippen LogP contribution in [0.2, 0.25) is 0 Å². The maximum absolute atomic E-state index is 4.22. The minimum Gasteiger partial charge on any atom is -0.267 e. The molecule has 0 aliphatic rings. The Balaban J connectivity index is 2.15. The third-order valence-corrected chi connectivity index (χ3v) is 2.12. The van der Waals surface area contributed by atoms with E-state index in [4.69, 9.17) is 0 Å². The zero-order valence-electron chi connectivity index (χ0n) is 6.89. The highest BCUT2D eigenvalue weighted by Crippen LogP contribution is 2.06. The van der Waals surface area contributed by atoms with Gasteiger partial charge in [0.15, 0.2) is 0 Å². The highest BCUT2D eigenvalue weighted by atomic mass is 79.9. The molecule has 2 aromatic heterocycles. The van der Waals surface area contributed by atoms with Crippen LogP contribution >= 0.6 is 15.9 Å². The second-order valence-corrected chi connectivity index (χ2v) is 3.50. The lowest BCUT2D eigenvalue weighted by Gasteiger charge is -1.99.